The number of ketones is 1. The molecular weight excluding hydrogens is 341 g/mol. The lowest BCUT2D eigenvalue weighted by Crippen LogP contribution is -2.18. The molecule has 0 atom stereocenters. The number of hydrogen-bond donors (Lipinski definition) is 1. The van der Waals surface area contributed by atoms with Gasteiger partial charge in [-0.2, -0.15) is 13.2 Å². The van der Waals surface area contributed by atoms with Crippen LogP contribution >= 0.6 is 0 Å². The third-order valence-corrected chi connectivity index (χ3v) is 5.15. The summed E-state index contributed by atoms with van der Waals surface area (Å²) in [6, 6.07) is 7.50. The van der Waals surface area contributed by atoms with Crippen LogP contribution < -0.4 is 5.32 Å². The molecule has 0 saturated heterocycles. The van der Waals surface area contributed by atoms with Crippen molar-refractivity contribution in [2.45, 2.75) is 51.7 Å². The van der Waals surface area contributed by atoms with Gasteiger partial charge in [0.2, 0.25) is 0 Å². The van der Waals surface area contributed by atoms with E-state index in [1.807, 2.05) is 19.9 Å². The van der Waals surface area contributed by atoms with Crippen molar-refractivity contribution in [3.05, 3.63) is 52.8 Å². The highest BCUT2D eigenvalue weighted by Crippen LogP contribution is 2.35. The van der Waals surface area contributed by atoms with Gasteiger partial charge in [0.05, 0.1) is 12.1 Å². The molecule has 140 valence electrons. The van der Waals surface area contributed by atoms with E-state index in [4.69, 9.17) is 0 Å². The molecule has 1 fully saturated rings. The molecule has 1 heterocycles. The Labute approximate surface area is 151 Å². The number of hydrogen-bond acceptors (Lipinski definition) is 2. The summed E-state index contributed by atoms with van der Waals surface area (Å²) < 4.78 is 41.4. The average Bonchev–Trinajstić information content (AvgIpc) is 3.20. The van der Waals surface area contributed by atoms with Gasteiger partial charge in [-0.25, -0.2) is 0 Å². The zero-order valence-electron chi connectivity index (χ0n) is 15.0. The number of aromatic nitrogens is 1. The number of aryl methyl sites for hydroxylation is 1. The van der Waals surface area contributed by atoms with Gasteiger partial charge in [0.25, 0.3) is 0 Å². The van der Waals surface area contributed by atoms with Crippen LogP contribution in [0.25, 0.3) is 0 Å². The maximum absolute atomic E-state index is 13.1. The summed E-state index contributed by atoms with van der Waals surface area (Å²) in [4.78, 5) is 12.6. The highest BCUT2D eigenvalue weighted by molar-refractivity contribution is 6.00. The van der Waals surface area contributed by atoms with Gasteiger partial charge in [-0.3, -0.25) is 4.79 Å². The van der Waals surface area contributed by atoms with Crippen molar-refractivity contribution in [3.8, 4) is 0 Å². The van der Waals surface area contributed by atoms with E-state index in [0.29, 0.717) is 11.6 Å². The van der Waals surface area contributed by atoms with Gasteiger partial charge in [0.1, 0.15) is 0 Å². The maximum Gasteiger partial charge on any atom is 0.418 e. The number of benzene rings is 1. The summed E-state index contributed by atoms with van der Waals surface area (Å²) in [5.74, 6) is -0.195. The molecule has 0 amide bonds. The van der Waals surface area contributed by atoms with Crippen molar-refractivity contribution in [2.75, 3.05) is 11.9 Å². The Morgan fingerprint density at radius 1 is 1.19 bits per heavy atom. The molecule has 0 aliphatic heterocycles. The van der Waals surface area contributed by atoms with E-state index in [1.54, 1.807) is 0 Å². The number of carbonyl (C=O) groups excluding carboxylic acids is 1. The van der Waals surface area contributed by atoms with Crippen LogP contribution in [0.4, 0.5) is 18.9 Å². The van der Waals surface area contributed by atoms with Crippen LogP contribution in [0.5, 0.6) is 0 Å². The molecule has 0 bridgehead atoms. The molecule has 6 heteroatoms. The SMILES string of the molecule is Cc1cc(C(=O)CNc2ccccc2C(F)(F)F)c(C)n1C1CCCC1. The molecule has 0 unspecified atom stereocenters. The van der Waals surface area contributed by atoms with Crippen LogP contribution in [0.1, 0.15) is 59.0 Å². The van der Waals surface area contributed by atoms with E-state index in [-0.39, 0.29) is 18.0 Å². The number of para-hydroxylation sites is 1. The minimum absolute atomic E-state index is 0.0713. The largest absolute Gasteiger partial charge is 0.418 e. The third kappa shape index (κ3) is 3.64. The van der Waals surface area contributed by atoms with Gasteiger partial charge >= 0.3 is 6.18 Å². The minimum Gasteiger partial charge on any atom is -0.377 e. The third-order valence-electron chi connectivity index (χ3n) is 5.15. The highest BCUT2D eigenvalue weighted by Gasteiger charge is 2.33. The van der Waals surface area contributed by atoms with Crippen molar-refractivity contribution in [2.24, 2.45) is 0 Å². The molecule has 2 aromatic rings. The fourth-order valence-corrected chi connectivity index (χ4v) is 3.94. The van der Waals surface area contributed by atoms with Crippen LogP contribution in [0, 0.1) is 13.8 Å². The second kappa shape index (κ2) is 7.17. The van der Waals surface area contributed by atoms with Crippen LogP contribution in [0.2, 0.25) is 0 Å². The summed E-state index contributed by atoms with van der Waals surface area (Å²) >= 11 is 0. The van der Waals surface area contributed by atoms with Gasteiger partial charge < -0.3 is 9.88 Å². The number of rotatable bonds is 5. The van der Waals surface area contributed by atoms with E-state index in [9.17, 15) is 18.0 Å². The monoisotopic (exact) mass is 364 g/mol. The minimum atomic E-state index is -4.45. The van der Waals surface area contributed by atoms with Gasteiger partial charge in [-0.1, -0.05) is 25.0 Å². The molecule has 3 nitrogen and oxygen atoms in total. The lowest BCUT2D eigenvalue weighted by Gasteiger charge is -2.17. The number of Topliss-reactive ketones (excluding diaryl/α,β-unsaturated/α-hetero) is 1. The summed E-state index contributed by atoms with van der Waals surface area (Å²) in [5.41, 5.74) is 1.70. The first kappa shape index (κ1) is 18.5. The summed E-state index contributed by atoms with van der Waals surface area (Å²) in [6.45, 7) is 3.73. The molecule has 3 rings (SSSR count). The van der Waals surface area contributed by atoms with E-state index in [1.165, 1.54) is 31.0 Å². The number of halogens is 3. The number of anilines is 1. The first-order valence-corrected chi connectivity index (χ1v) is 8.90. The number of nitrogens with zero attached hydrogens (tertiary/aromatic N) is 1. The predicted octanol–water partition coefficient (Wildman–Crippen LogP) is 5.53. The Hall–Kier alpha value is -2.24. The van der Waals surface area contributed by atoms with Crippen LogP contribution in [0.3, 0.4) is 0 Å². The second-order valence-corrected chi connectivity index (χ2v) is 6.91. The summed E-state index contributed by atoms with van der Waals surface area (Å²) in [5, 5.41) is 2.66. The van der Waals surface area contributed by atoms with Gasteiger partial charge in [0, 0.05) is 28.7 Å². The maximum atomic E-state index is 13.1. The predicted molar refractivity (Wildman–Crippen MR) is 95.7 cm³/mol. The Morgan fingerprint density at radius 3 is 2.50 bits per heavy atom. The van der Waals surface area contributed by atoms with Crippen molar-refractivity contribution >= 4 is 11.5 Å². The lowest BCUT2D eigenvalue weighted by molar-refractivity contribution is -0.136. The highest BCUT2D eigenvalue weighted by atomic mass is 19.4. The molecule has 1 aliphatic carbocycles. The standard InChI is InChI=1S/C20H23F3N2O/c1-13-11-16(14(2)25(13)15-7-3-4-8-15)19(26)12-24-18-10-6-5-9-17(18)20(21,22)23/h5-6,9-11,15,24H,3-4,7-8,12H2,1-2H3. The molecule has 26 heavy (non-hydrogen) atoms. The van der Waals surface area contributed by atoms with E-state index < -0.39 is 11.7 Å². The quantitative estimate of drug-likeness (QED) is 0.708. The first-order valence-electron chi connectivity index (χ1n) is 8.90. The number of nitrogens with one attached hydrogen (secondary N) is 1. The molecule has 1 aromatic heterocycles. The molecule has 1 N–H and O–H groups in total. The Morgan fingerprint density at radius 2 is 1.85 bits per heavy atom. The zero-order valence-corrected chi connectivity index (χ0v) is 15.0. The van der Waals surface area contributed by atoms with Gasteiger partial charge in [0.15, 0.2) is 5.78 Å². The van der Waals surface area contributed by atoms with Crippen LogP contribution in [-0.2, 0) is 6.18 Å². The summed E-state index contributed by atoms with van der Waals surface area (Å²) in [6.07, 6.45) is 0.162. The molecule has 0 spiro atoms. The van der Waals surface area contributed by atoms with E-state index in [0.717, 1.165) is 30.3 Å². The second-order valence-electron chi connectivity index (χ2n) is 6.91. The average molecular weight is 364 g/mol. The molecule has 1 aromatic carbocycles. The molecule has 1 saturated carbocycles. The Balaban J connectivity index is 1.77. The van der Waals surface area contributed by atoms with Crippen LogP contribution in [0.15, 0.2) is 30.3 Å². The van der Waals surface area contributed by atoms with E-state index >= 15 is 0 Å². The van der Waals surface area contributed by atoms with Gasteiger partial charge in [-0.05, 0) is 44.9 Å². The zero-order chi connectivity index (χ0) is 18.9. The van der Waals surface area contributed by atoms with Crippen molar-refractivity contribution in [3.63, 3.8) is 0 Å². The van der Waals surface area contributed by atoms with E-state index in [2.05, 4.69) is 9.88 Å². The fraction of sp³-hybridized carbons (Fsp3) is 0.450. The normalized spacial score (nSPS) is 15.4. The van der Waals surface area contributed by atoms with Crippen molar-refractivity contribution in [1.82, 2.24) is 4.57 Å². The molecular formula is C20H23F3N2O. The van der Waals surface area contributed by atoms with Crippen LogP contribution in [-0.4, -0.2) is 16.9 Å². The van der Waals surface area contributed by atoms with Crippen molar-refractivity contribution in [1.29, 1.82) is 0 Å². The molecule has 1 aliphatic rings. The van der Waals surface area contributed by atoms with Gasteiger partial charge in [-0.15, -0.1) is 0 Å². The summed E-state index contributed by atoms with van der Waals surface area (Å²) in [7, 11) is 0. The number of carbonyl (C=O) groups is 1. The fourth-order valence-electron chi connectivity index (χ4n) is 3.94. The Kier molecular flexibility index (Phi) is 5.12. The smallest absolute Gasteiger partial charge is 0.377 e. The number of alkyl halides is 3. The first-order chi connectivity index (χ1) is 12.3. The lowest BCUT2D eigenvalue weighted by atomic mass is 10.1. The Bertz CT molecular complexity index is 802. The topological polar surface area (TPSA) is 34.0 Å². The molecule has 0 radical (unpaired) electrons. The van der Waals surface area contributed by atoms with Crippen molar-refractivity contribution < 1.29 is 18.0 Å².